The second-order valence-corrected chi connectivity index (χ2v) is 6.16. The van der Waals surface area contributed by atoms with E-state index >= 15 is 0 Å². The summed E-state index contributed by atoms with van der Waals surface area (Å²) in [6.45, 7) is 4.11. The van der Waals surface area contributed by atoms with Crippen molar-refractivity contribution >= 4 is 28.4 Å². The van der Waals surface area contributed by atoms with E-state index in [1.165, 1.54) is 12.1 Å². The summed E-state index contributed by atoms with van der Waals surface area (Å²) in [4.78, 5) is 11.4. The van der Waals surface area contributed by atoms with Gasteiger partial charge in [-0.25, -0.2) is 4.79 Å². The van der Waals surface area contributed by atoms with E-state index < -0.39 is 16.8 Å². The van der Waals surface area contributed by atoms with Crippen molar-refractivity contribution in [2.75, 3.05) is 5.75 Å². The molecular formula is C12H15ClO3S. The number of benzene rings is 1. The zero-order chi connectivity index (χ0) is 13.0. The van der Waals surface area contributed by atoms with Gasteiger partial charge in [0.2, 0.25) is 0 Å². The molecule has 1 rings (SSSR count). The molecule has 1 aromatic rings. The van der Waals surface area contributed by atoms with Crippen LogP contribution in [0.5, 0.6) is 0 Å². The first-order valence-electron chi connectivity index (χ1n) is 5.33. The molecule has 3 nitrogen and oxygen atoms in total. The molecule has 0 aliphatic carbocycles. The molecule has 0 bridgehead atoms. The first kappa shape index (κ1) is 14.2. The largest absolute Gasteiger partial charge is 0.478 e. The van der Waals surface area contributed by atoms with E-state index in [1.54, 1.807) is 6.07 Å². The first-order valence-corrected chi connectivity index (χ1v) is 7.02. The third kappa shape index (κ3) is 4.13. The molecule has 0 aliphatic rings. The molecule has 94 valence electrons. The van der Waals surface area contributed by atoms with Crippen LogP contribution < -0.4 is 0 Å². The predicted molar refractivity (Wildman–Crippen MR) is 69.1 cm³/mol. The van der Waals surface area contributed by atoms with Gasteiger partial charge in [0.1, 0.15) is 0 Å². The lowest BCUT2D eigenvalue weighted by Gasteiger charge is -2.06. The lowest BCUT2D eigenvalue weighted by molar-refractivity contribution is 0.0697. The van der Waals surface area contributed by atoms with Crippen molar-refractivity contribution in [3.63, 3.8) is 0 Å². The molecule has 1 aromatic carbocycles. The van der Waals surface area contributed by atoms with E-state index in [0.29, 0.717) is 16.6 Å². The van der Waals surface area contributed by atoms with E-state index in [0.717, 1.165) is 6.42 Å². The Kier molecular flexibility index (Phi) is 5.15. The zero-order valence-corrected chi connectivity index (χ0v) is 11.3. The fourth-order valence-electron chi connectivity index (χ4n) is 1.27. The highest BCUT2D eigenvalue weighted by Gasteiger charge is 2.12. The Morgan fingerprint density at radius 3 is 2.65 bits per heavy atom. The standard InChI is InChI=1S/C12H15ClO3S/c1-8(2)5-6-17(16)9-3-4-11(13)10(7-9)12(14)15/h3-4,7-8H,5-6H2,1-2H3,(H,14,15). The smallest absolute Gasteiger partial charge is 0.337 e. The Bertz CT molecular complexity index is 443. The molecule has 0 aromatic heterocycles. The first-order chi connectivity index (χ1) is 7.91. The molecule has 0 spiro atoms. The van der Waals surface area contributed by atoms with Crippen molar-refractivity contribution in [1.29, 1.82) is 0 Å². The predicted octanol–water partition coefficient (Wildman–Crippen LogP) is 3.19. The van der Waals surface area contributed by atoms with Gasteiger partial charge in [0, 0.05) is 10.6 Å². The van der Waals surface area contributed by atoms with Gasteiger partial charge >= 0.3 is 5.97 Å². The van der Waals surface area contributed by atoms with Crippen LogP contribution >= 0.6 is 11.6 Å². The molecule has 1 N–H and O–H groups in total. The summed E-state index contributed by atoms with van der Waals surface area (Å²) in [6.07, 6.45) is 0.845. The second kappa shape index (κ2) is 6.17. The van der Waals surface area contributed by atoms with Gasteiger partial charge in [-0.3, -0.25) is 4.21 Å². The Morgan fingerprint density at radius 1 is 1.47 bits per heavy atom. The van der Waals surface area contributed by atoms with Crippen LogP contribution in [0, 0.1) is 5.92 Å². The number of halogens is 1. The fraction of sp³-hybridized carbons (Fsp3) is 0.417. The van der Waals surface area contributed by atoms with E-state index in [9.17, 15) is 9.00 Å². The van der Waals surface area contributed by atoms with Crippen LogP contribution in [0.3, 0.4) is 0 Å². The minimum Gasteiger partial charge on any atom is -0.478 e. The number of aromatic carboxylic acids is 1. The highest BCUT2D eigenvalue weighted by atomic mass is 35.5. The highest BCUT2D eigenvalue weighted by molar-refractivity contribution is 7.85. The van der Waals surface area contributed by atoms with Gasteiger partial charge < -0.3 is 5.11 Å². The summed E-state index contributed by atoms with van der Waals surface area (Å²) < 4.78 is 11.9. The Labute approximate surface area is 108 Å². The minimum atomic E-state index is -1.16. The number of hydrogen-bond donors (Lipinski definition) is 1. The number of carbonyl (C=O) groups is 1. The quantitative estimate of drug-likeness (QED) is 0.897. The second-order valence-electron chi connectivity index (χ2n) is 4.18. The molecule has 17 heavy (non-hydrogen) atoms. The Hall–Kier alpha value is -0.870. The van der Waals surface area contributed by atoms with Gasteiger partial charge in [-0.05, 0) is 30.5 Å². The fourth-order valence-corrected chi connectivity index (χ4v) is 2.86. The maximum absolute atomic E-state index is 11.9. The number of carboxylic acids is 1. The molecule has 0 saturated heterocycles. The molecule has 5 heteroatoms. The number of rotatable bonds is 5. The summed E-state index contributed by atoms with van der Waals surface area (Å²) in [7, 11) is -1.16. The van der Waals surface area contributed by atoms with Gasteiger partial charge in [-0.1, -0.05) is 25.4 Å². The average Bonchev–Trinajstić information content (AvgIpc) is 2.26. The van der Waals surface area contributed by atoms with E-state index in [2.05, 4.69) is 13.8 Å². The van der Waals surface area contributed by atoms with E-state index in [1.807, 2.05) is 0 Å². The van der Waals surface area contributed by atoms with Crippen molar-refractivity contribution in [3.05, 3.63) is 28.8 Å². The van der Waals surface area contributed by atoms with Crippen molar-refractivity contribution in [2.45, 2.75) is 25.2 Å². The average molecular weight is 275 g/mol. The Balaban J connectivity index is 2.88. The highest BCUT2D eigenvalue weighted by Crippen LogP contribution is 2.20. The van der Waals surface area contributed by atoms with Gasteiger partial charge in [-0.2, -0.15) is 0 Å². The van der Waals surface area contributed by atoms with Crippen molar-refractivity contribution in [3.8, 4) is 0 Å². The van der Waals surface area contributed by atoms with Crippen LogP contribution in [0.4, 0.5) is 0 Å². The van der Waals surface area contributed by atoms with Crippen molar-refractivity contribution in [2.24, 2.45) is 5.92 Å². The van der Waals surface area contributed by atoms with Gasteiger partial charge in [0.15, 0.2) is 0 Å². The monoisotopic (exact) mass is 274 g/mol. The lowest BCUT2D eigenvalue weighted by Crippen LogP contribution is -2.04. The molecule has 1 atom stereocenters. The molecule has 0 amide bonds. The molecule has 0 aliphatic heterocycles. The van der Waals surface area contributed by atoms with Crippen molar-refractivity contribution < 1.29 is 14.1 Å². The molecule has 0 heterocycles. The normalized spacial score (nSPS) is 12.7. The summed E-state index contributed by atoms with van der Waals surface area (Å²) in [5, 5.41) is 9.08. The third-order valence-electron chi connectivity index (χ3n) is 2.31. The minimum absolute atomic E-state index is 0.00191. The van der Waals surface area contributed by atoms with Gasteiger partial charge in [0.05, 0.1) is 21.4 Å². The van der Waals surface area contributed by atoms with Crippen LogP contribution in [0.1, 0.15) is 30.6 Å². The van der Waals surface area contributed by atoms with E-state index in [-0.39, 0.29) is 10.6 Å². The van der Waals surface area contributed by atoms with Crippen LogP contribution in [-0.2, 0) is 10.8 Å². The lowest BCUT2D eigenvalue weighted by atomic mass is 10.2. The van der Waals surface area contributed by atoms with Gasteiger partial charge in [0.25, 0.3) is 0 Å². The summed E-state index contributed by atoms with van der Waals surface area (Å²) in [5.41, 5.74) is 0.00191. The SMILES string of the molecule is CC(C)CCS(=O)c1ccc(Cl)c(C(=O)O)c1. The maximum atomic E-state index is 11.9. The molecular weight excluding hydrogens is 260 g/mol. The molecule has 0 fully saturated rings. The zero-order valence-electron chi connectivity index (χ0n) is 9.77. The van der Waals surface area contributed by atoms with Crippen LogP contribution in [0.15, 0.2) is 23.1 Å². The maximum Gasteiger partial charge on any atom is 0.337 e. The summed E-state index contributed by atoms with van der Waals surface area (Å²) >= 11 is 5.74. The van der Waals surface area contributed by atoms with Crippen molar-refractivity contribution in [1.82, 2.24) is 0 Å². The van der Waals surface area contributed by atoms with Crippen LogP contribution in [-0.4, -0.2) is 21.0 Å². The van der Waals surface area contributed by atoms with E-state index in [4.69, 9.17) is 16.7 Å². The number of carboxylic acid groups (broad SMARTS) is 1. The topological polar surface area (TPSA) is 54.4 Å². The molecule has 0 radical (unpaired) electrons. The number of hydrogen-bond acceptors (Lipinski definition) is 2. The molecule has 0 saturated carbocycles. The summed E-state index contributed by atoms with van der Waals surface area (Å²) in [5.74, 6) is -0.0823. The third-order valence-corrected chi connectivity index (χ3v) is 4.03. The van der Waals surface area contributed by atoms with Crippen LogP contribution in [0.25, 0.3) is 0 Å². The summed E-state index contributed by atoms with van der Waals surface area (Å²) in [6, 6.07) is 4.49. The van der Waals surface area contributed by atoms with Gasteiger partial charge in [-0.15, -0.1) is 0 Å². The Morgan fingerprint density at radius 2 is 2.12 bits per heavy atom. The van der Waals surface area contributed by atoms with Crippen LogP contribution in [0.2, 0.25) is 5.02 Å². The molecule has 1 unspecified atom stereocenters.